The van der Waals surface area contributed by atoms with Gasteiger partial charge in [0.25, 0.3) is 5.69 Å². The minimum Gasteiger partial charge on any atom is -0.495 e. The summed E-state index contributed by atoms with van der Waals surface area (Å²) < 4.78 is 5.15. The van der Waals surface area contributed by atoms with Gasteiger partial charge in [0.2, 0.25) is 5.91 Å². The molecule has 0 aliphatic heterocycles. The van der Waals surface area contributed by atoms with Gasteiger partial charge < -0.3 is 10.1 Å². The van der Waals surface area contributed by atoms with E-state index < -0.39 is 11.0 Å². The molecule has 0 aliphatic carbocycles. The van der Waals surface area contributed by atoms with E-state index in [9.17, 15) is 14.9 Å². The number of methoxy groups -OCH3 is 1. The topological polar surface area (TPSA) is 93.5 Å². The van der Waals surface area contributed by atoms with E-state index in [-0.39, 0.29) is 23.3 Å². The highest BCUT2D eigenvalue weighted by molar-refractivity contribution is 5.96. The van der Waals surface area contributed by atoms with E-state index in [1.807, 2.05) is 37.3 Å². The molecule has 0 unspecified atom stereocenters. The molecule has 2 N–H and O–H groups in total. The molecule has 2 aromatic rings. The van der Waals surface area contributed by atoms with Crippen LogP contribution in [0.1, 0.15) is 25.5 Å². The number of ether oxygens (including phenoxy) is 1. The average Bonchev–Trinajstić information content (AvgIpc) is 2.62. The molecule has 0 heterocycles. The van der Waals surface area contributed by atoms with Crippen molar-refractivity contribution >= 4 is 17.3 Å². The van der Waals surface area contributed by atoms with Gasteiger partial charge in [-0.25, -0.2) is 0 Å². The highest BCUT2D eigenvalue weighted by atomic mass is 16.6. The first-order valence-corrected chi connectivity index (χ1v) is 7.86. The fraction of sp³-hybridized carbons (Fsp3) is 0.278. The molecule has 0 bridgehead atoms. The number of nitro groups is 1. The number of nitrogens with zero attached hydrogens (tertiary/aromatic N) is 1. The number of nitrogens with one attached hydrogen (secondary N) is 2. The standard InChI is InChI=1S/C18H21N3O4/c1-12(14-7-5-4-6-8-14)19-13(2)18(22)20-16-11-15(21(23)24)9-10-17(16)25-3/h4-13,19H,1-3H3,(H,20,22)/t12-,13+/m0/s1. The van der Waals surface area contributed by atoms with Crippen molar-refractivity contribution in [3.8, 4) is 5.75 Å². The van der Waals surface area contributed by atoms with Crippen LogP contribution in [0.4, 0.5) is 11.4 Å². The molecule has 7 nitrogen and oxygen atoms in total. The van der Waals surface area contributed by atoms with Gasteiger partial charge in [-0.3, -0.25) is 20.2 Å². The number of hydrogen-bond acceptors (Lipinski definition) is 5. The molecule has 0 saturated heterocycles. The maximum Gasteiger partial charge on any atom is 0.271 e. The summed E-state index contributed by atoms with van der Waals surface area (Å²) >= 11 is 0. The SMILES string of the molecule is COc1ccc([N+](=O)[O-])cc1NC(=O)[C@@H](C)N[C@@H](C)c1ccccc1. The van der Waals surface area contributed by atoms with Crippen molar-refractivity contribution < 1.29 is 14.5 Å². The van der Waals surface area contributed by atoms with Crippen LogP contribution in [-0.4, -0.2) is 24.0 Å². The second-order valence-electron chi connectivity index (χ2n) is 5.65. The van der Waals surface area contributed by atoms with Crippen molar-refractivity contribution in [3.63, 3.8) is 0 Å². The Morgan fingerprint density at radius 2 is 1.84 bits per heavy atom. The Labute approximate surface area is 146 Å². The molecule has 2 rings (SSSR count). The second-order valence-corrected chi connectivity index (χ2v) is 5.65. The average molecular weight is 343 g/mol. The van der Waals surface area contributed by atoms with Gasteiger partial charge in [0, 0.05) is 18.2 Å². The van der Waals surface area contributed by atoms with E-state index in [4.69, 9.17) is 4.74 Å². The molecule has 2 aromatic carbocycles. The summed E-state index contributed by atoms with van der Waals surface area (Å²) in [4.78, 5) is 22.8. The molecular formula is C18H21N3O4. The van der Waals surface area contributed by atoms with Crippen molar-refractivity contribution in [1.29, 1.82) is 0 Å². The number of carbonyl (C=O) groups is 1. The molecule has 0 fully saturated rings. The molecule has 1 amide bonds. The van der Waals surface area contributed by atoms with Crippen LogP contribution in [0.25, 0.3) is 0 Å². The Bertz CT molecular complexity index is 749. The smallest absolute Gasteiger partial charge is 0.271 e. The zero-order valence-electron chi connectivity index (χ0n) is 14.4. The van der Waals surface area contributed by atoms with Crippen LogP contribution >= 0.6 is 0 Å². The molecule has 0 saturated carbocycles. The third-order valence-electron chi connectivity index (χ3n) is 3.84. The van der Waals surface area contributed by atoms with Crippen molar-refractivity contribution in [2.24, 2.45) is 0 Å². The highest BCUT2D eigenvalue weighted by Gasteiger charge is 2.19. The van der Waals surface area contributed by atoms with Gasteiger partial charge in [0.1, 0.15) is 5.75 Å². The fourth-order valence-electron chi connectivity index (χ4n) is 2.44. The van der Waals surface area contributed by atoms with Crippen LogP contribution < -0.4 is 15.4 Å². The third-order valence-corrected chi connectivity index (χ3v) is 3.84. The predicted octanol–water partition coefficient (Wildman–Crippen LogP) is 3.28. The van der Waals surface area contributed by atoms with Gasteiger partial charge in [0.15, 0.2) is 0 Å². The molecule has 132 valence electrons. The van der Waals surface area contributed by atoms with E-state index in [2.05, 4.69) is 10.6 Å². The van der Waals surface area contributed by atoms with E-state index in [0.29, 0.717) is 5.75 Å². The van der Waals surface area contributed by atoms with Gasteiger partial charge in [-0.05, 0) is 25.5 Å². The molecule has 25 heavy (non-hydrogen) atoms. The molecule has 0 radical (unpaired) electrons. The number of benzene rings is 2. The fourth-order valence-corrected chi connectivity index (χ4v) is 2.44. The number of non-ortho nitro benzene ring substituents is 1. The maximum atomic E-state index is 12.4. The van der Waals surface area contributed by atoms with E-state index in [1.165, 1.54) is 25.3 Å². The number of anilines is 1. The summed E-state index contributed by atoms with van der Waals surface area (Å²) in [6.07, 6.45) is 0. The third kappa shape index (κ3) is 4.77. The normalized spacial score (nSPS) is 12.9. The van der Waals surface area contributed by atoms with Crippen LogP contribution in [0.5, 0.6) is 5.75 Å². The second kappa shape index (κ2) is 8.25. The molecule has 0 spiro atoms. The van der Waals surface area contributed by atoms with Crippen molar-refractivity contribution in [2.45, 2.75) is 25.9 Å². The van der Waals surface area contributed by atoms with Crippen molar-refractivity contribution in [1.82, 2.24) is 5.32 Å². The molecule has 0 aliphatic rings. The van der Waals surface area contributed by atoms with E-state index in [1.54, 1.807) is 6.92 Å². The van der Waals surface area contributed by atoms with Gasteiger partial charge in [-0.15, -0.1) is 0 Å². The lowest BCUT2D eigenvalue weighted by molar-refractivity contribution is -0.384. The first-order valence-electron chi connectivity index (χ1n) is 7.86. The minimum atomic E-state index is -0.520. The summed E-state index contributed by atoms with van der Waals surface area (Å²) in [5.74, 6) is 0.0591. The van der Waals surface area contributed by atoms with Gasteiger partial charge in [0.05, 0.1) is 23.8 Å². The number of carbonyl (C=O) groups excluding carboxylic acids is 1. The van der Waals surface area contributed by atoms with Gasteiger partial charge >= 0.3 is 0 Å². The monoisotopic (exact) mass is 343 g/mol. The van der Waals surface area contributed by atoms with Crippen molar-refractivity contribution in [3.05, 3.63) is 64.2 Å². The lowest BCUT2D eigenvalue weighted by atomic mass is 10.1. The Hall–Kier alpha value is -2.93. The van der Waals surface area contributed by atoms with Crippen LogP contribution in [-0.2, 0) is 4.79 Å². The van der Waals surface area contributed by atoms with Gasteiger partial charge in [-0.2, -0.15) is 0 Å². The van der Waals surface area contributed by atoms with Crippen molar-refractivity contribution in [2.75, 3.05) is 12.4 Å². The number of hydrogen-bond donors (Lipinski definition) is 2. The number of amides is 1. The maximum absolute atomic E-state index is 12.4. The Balaban J connectivity index is 2.08. The summed E-state index contributed by atoms with van der Waals surface area (Å²) in [5.41, 5.74) is 1.21. The first-order chi connectivity index (χ1) is 11.9. The Morgan fingerprint density at radius 1 is 1.16 bits per heavy atom. The summed E-state index contributed by atoms with van der Waals surface area (Å²) in [7, 11) is 1.44. The quantitative estimate of drug-likeness (QED) is 0.594. The van der Waals surface area contributed by atoms with Crippen LogP contribution in [0, 0.1) is 10.1 Å². The number of rotatable bonds is 7. The first kappa shape index (κ1) is 18.4. The van der Waals surface area contributed by atoms with Crippen LogP contribution in [0.15, 0.2) is 48.5 Å². The summed E-state index contributed by atoms with van der Waals surface area (Å²) in [6.45, 7) is 3.70. The molecule has 7 heteroatoms. The summed E-state index contributed by atoms with van der Waals surface area (Å²) in [5, 5.41) is 16.8. The van der Waals surface area contributed by atoms with E-state index in [0.717, 1.165) is 5.56 Å². The Morgan fingerprint density at radius 3 is 2.44 bits per heavy atom. The molecular weight excluding hydrogens is 322 g/mol. The van der Waals surface area contributed by atoms with Gasteiger partial charge in [-0.1, -0.05) is 30.3 Å². The predicted molar refractivity (Wildman–Crippen MR) is 95.7 cm³/mol. The Kier molecular flexibility index (Phi) is 6.08. The number of nitro benzene ring substituents is 1. The zero-order chi connectivity index (χ0) is 18.4. The zero-order valence-corrected chi connectivity index (χ0v) is 14.4. The lowest BCUT2D eigenvalue weighted by Crippen LogP contribution is -2.39. The summed E-state index contributed by atoms with van der Waals surface area (Å²) in [6, 6.07) is 13.3. The van der Waals surface area contributed by atoms with E-state index >= 15 is 0 Å². The minimum absolute atomic E-state index is 0.0195. The highest BCUT2D eigenvalue weighted by Crippen LogP contribution is 2.29. The van der Waals surface area contributed by atoms with Crippen LogP contribution in [0.2, 0.25) is 0 Å². The largest absolute Gasteiger partial charge is 0.495 e. The molecule has 2 atom stereocenters. The molecule has 0 aromatic heterocycles. The van der Waals surface area contributed by atoms with Crippen LogP contribution in [0.3, 0.4) is 0 Å². The lowest BCUT2D eigenvalue weighted by Gasteiger charge is -2.20.